The summed E-state index contributed by atoms with van der Waals surface area (Å²) in [6.07, 6.45) is 0. The Morgan fingerprint density at radius 3 is 2.42 bits per heavy atom. The molecule has 0 saturated carbocycles. The fourth-order valence-electron chi connectivity index (χ4n) is 2.63. The van der Waals surface area contributed by atoms with Gasteiger partial charge < -0.3 is 5.32 Å². The van der Waals surface area contributed by atoms with Crippen LogP contribution in [0, 0.1) is 25.5 Å². The van der Waals surface area contributed by atoms with Gasteiger partial charge in [-0.15, -0.1) is 0 Å². The highest BCUT2D eigenvalue weighted by atomic mass is 35.5. The van der Waals surface area contributed by atoms with Crippen molar-refractivity contribution in [1.82, 2.24) is 9.78 Å². The van der Waals surface area contributed by atoms with Gasteiger partial charge in [-0.25, -0.2) is 8.78 Å². The van der Waals surface area contributed by atoms with Crippen LogP contribution in [0.5, 0.6) is 0 Å². The molecule has 3 rings (SSSR count). The molecule has 2 aromatic carbocycles. The zero-order chi connectivity index (χ0) is 18.8. The van der Waals surface area contributed by atoms with Crippen LogP contribution in [0.25, 0.3) is 0 Å². The van der Waals surface area contributed by atoms with Crippen molar-refractivity contribution in [3.05, 3.63) is 81.6 Å². The van der Waals surface area contributed by atoms with E-state index in [1.807, 2.05) is 6.92 Å². The highest BCUT2D eigenvalue weighted by molar-refractivity contribution is 6.31. The summed E-state index contributed by atoms with van der Waals surface area (Å²) in [5.74, 6) is -1.16. The molecule has 26 heavy (non-hydrogen) atoms. The number of aromatic nitrogens is 2. The average molecular weight is 376 g/mol. The summed E-state index contributed by atoms with van der Waals surface area (Å²) >= 11 is 6.07. The van der Waals surface area contributed by atoms with Gasteiger partial charge >= 0.3 is 0 Å². The topological polar surface area (TPSA) is 46.9 Å². The molecule has 1 heterocycles. The number of hydrogen-bond donors (Lipinski definition) is 1. The Morgan fingerprint density at radius 1 is 1.12 bits per heavy atom. The number of carbonyl (C=O) groups excluding carboxylic acids is 1. The number of amides is 1. The van der Waals surface area contributed by atoms with Gasteiger partial charge in [0.1, 0.15) is 11.6 Å². The monoisotopic (exact) mass is 375 g/mol. The lowest BCUT2D eigenvalue weighted by Crippen LogP contribution is -2.13. The maximum absolute atomic E-state index is 13.2. The van der Waals surface area contributed by atoms with Gasteiger partial charge in [0.05, 0.1) is 23.6 Å². The van der Waals surface area contributed by atoms with Gasteiger partial charge in [-0.2, -0.15) is 5.10 Å². The lowest BCUT2D eigenvalue weighted by molar-refractivity contribution is 0.102. The molecule has 0 unspecified atom stereocenters. The molecule has 0 fully saturated rings. The van der Waals surface area contributed by atoms with E-state index >= 15 is 0 Å². The van der Waals surface area contributed by atoms with Crippen LogP contribution in [0.15, 0.2) is 42.5 Å². The number of benzene rings is 2. The number of anilines is 1. The number of nitrogens with one attached hydrogen (secondary N) is 1. The molecule has 1 N–H and O–H groups in total. The Kier molecular flexibility index (Phi) is 5.04. The molecule has 0 aliphatic rings. The molecule has 7 heteroatoms. The summed E-state index contributed by atoms with van der Waals surface area (Å²) in [7, 11) is 0. The van der Waals surface area contributed by atoms with Crippen LogP contribution in [-0.2, 0) is 6.54 Å². The van der Waals surface area contributed by atoms with Crippen LogP contribution in [0.1, 0.15) is 27.3 Å². The quantitative estimate of drug-likeness (QED) is 0.716. The lowest BCUT2D eigenvalue weighted by atomic mass is 10.2. The minimum absolute atomic E-state index is 0.314. The first-order chi connectivity index (χ1) is 12.3. The molecule has 0 bridgehead atoms. The number of hydrogen-bond acceptors (Lipinski definition) is 2. The van der Waals surface area contributed by atoms with E-state index in [1.54, 1.807) is 17.7 Å². The Bertz CT molecular complexity index is 968. The molecule has 1 amide bonds. The van der Waals surface area contributed by atoms with E-state index in [-0.39, 0.29) is 5.91 Å². The van der Waals surface area contributed by atoms with Crippen molar-refractivity contribution >= 4 is 23.2 Å². The van der Waals surface area contributed by atoms with Crippen LogP contribution in [0.4, 0.5) is 14.5 Å². The van der Waals surface area contributed by atoms with Gasteiger partial charge in [0.25, 0.3) is 5.91 Å². The second-order valence-corrected chi connectivity index (χ2v) is 6.31. The molecule has 4 nitrogen and oxygen atoms in total. The molecule has 0 saturated heterocycles. The largest absolute Gasteiger partial charge is 0.319 e. The van der Waals surface area contributed by atoms with Gasteiger partial charge in [0, 0.05) is 10.6 Å². The van der Waals surface area contributed by atoms with E-state index in [1.165, 1.54) is 36.4 Å². The van der Waals surface area contributed by atoms with Crippen molar-refractivity contribution in [2.45, 2.75) is 20.4 Å². The van der Waals surface area contributed by atoms with E-state index in [0.717, 1.165) is 11.3 Å². The number of carbonyl (C=O) groups is 1. The van der Waals surface area contributed by atoms with Crippen molar-refractivity contribution in [2.24, 2.45) is 0 Å². The van der Waals surface area contributed by atoms with Gasteiger partial charge in [-0.1, -0.05) is 17.7 Å². The third kappa shape index (κ3) is 3.75. The Labute approximate surface area is 154 Å². The highest BCUT2D eigenvalue weighted by Gasteiger charge is 2.16. The van der Waals surface area contributed by atoms with Crippen LogP contribution in [0.3, 0.4) is 0 Å². The Hall–Kier alpha value is -2.73. The molecule has 3 aromatic rings. The maximum Gasteiger partial charge on any atom is 0.255 e. The van der Waals surface area contributed by atoms with Crippen molar-refractivity contribution < 1.29 is 13.6 Å². The first-order valence-corrected chi connectivity index (χ1v) is 8.28. The van der Waals surface area contributed by atoms with Crippen LogP contribution in [0.2, 0.25) is 5.02 Å². The van der Waals surface area contributed by atoms with Crippen LogP contribution in [-0.4, -0.2) is 15.7 Å². The van der Waals surface area contributed by atoms with E-state index < -0.39 is 11.6 Å². The van der Waals surface area contributed by atoms with Crippen LogP contribution >= 0.6 is 11.6 Å². The molecule has 1 aromatic heterocycles. The average Bonchev–Trinajstić information content (AvgIpc) is 2.85. The van der Waals surface area contributed by atoms with Crippen molar-refractivity contribution in [3.63, 3.8) is 0 Å². The van der Waals surface area contributed by atoms with Gasteiger partial charge in [-0.05, 0) is 55.8 Å². The zero-order valence-corrected chi connectivity index (χ0v) is 14.9. The van der Waals surface area contributed by atoms with E-state index in [0.29, 0.717) is 28.5 Å². The minimum atomic E-state index is -0.405. The molecule has 134 valence electrons. The number of aryl methyl sites for hydroxylation is 1. The van der Waals surface area contributed by atoms with Crippen molar-refractivity contribution in [2.75, 3.05) is 5.32 Å². The van der Waals surface area contributed by atoms with Gasteiger partial charge in [-0.3, -0.25) is 9.48 Å². The summed E-state index contributed by atoms with van der Waals surface area (Å²) in [4.78, 5) is 12.4. The predicted octanol–water partition coefficient (Wildman–Crippen LogP) is 4.73. The number of halogens is 3. The smallest absolute Gasteiger partial charge is 0.255 e. The Morgan fingerprint density at radius 2 is 1.77 bits per heavy atom. The fourth-order valence-corrected chi connectivity index (χ4v) is 2.86. The van der Waals surface area contributed by atoms with Gasteiger partial charge in [0.2, 0.25) is 0 Å². The van der Waals surface area contributed by atoms with E-state index in [9.17, 15) is 13.6 Å². The first-order valence-electron chi connectivity index (χ1n) is 7.90. The maximum atomic E-state index is 13.2. The lowest BCUT2D eigenvalue weighted by Gasteiger charge is -2.08. The molecule has 0 aliphatic carbocycles. The molecule has 0 radical (unpaired) electrons. The van der Waals surface area contributed by atoms with Crippen molar-refractivity contribution in [3.8, 4) is 0 Å². The van der Waals surface area contributed by atoms with Gasteiger partial charge in [0.15, 0.2) is 0 Å². The predicted molar refractivity (Wildman–Crippen MR) is 96.6 cm³/mol. The zero-order valence-electron chi connectivity index (χ0n) is 14.2. The normalized spacial score (nSPS) is 10.8. The summed E-state index contributed by atoms with van der Waals surface area (Å²) < 4.78 is 27.9. The van der Waals surface area contributed by atoms with Crippen molar-refractivity contribution in [1.29, 1.82) is 0 Å². The summed E-state index contributed by atoms with van der Waals surface area (Å²) in [5.41, 5.74) is 3.02. The number of rotatable bonds is 4. The fraction of sp³-hybridized carbons (Fsp3) is 0.158. The standard InChI is InChI=1S/C19H16ClF2N3O/c1-11-18(23-19(26)13-3-6-15(21)7-4-13)12(2)25(24-11)10-14-5-8-16(22)9-17(14)20/h3-9H,10H2,1-2H3,(H,23,26). The molecule has 0 aliphatic heterocycles. The summed E-state index contributed by atoms with van der Waals surface area (Å²) in [5, 5.41) is 7.54. The third-order valence-corrected chi connectivity index (χ3v) is 4.41. The third-order valence-electron chi connectivity index (χ3n) is 4.06. The van der Waals surface area contributed by atoms with Crippen LogP contribution < -0.4 is 5.32 Å². The number of nitrogens with zero attached hydrogens (tertiary/aromatic N) is 2. The van der Waals surface area contributed by atoms with E-state index in [2.05, 4.69) is 10.4 Å². The molecular weight excluding hydrogens is 360 g/mol. The Balaban J connectivity index is 1.83. The first kappa shape index (κ1) is 18.1. The van der Waals surface area contributed by atoms with E-state index in [4.69, 9.17) is 11.6 Å². The second kappa shape index (κ2) is 7.25. The molecular formula is C19H16ClF2N3O. The highest BCUT2D eigenvalue weighted by Crippen LogP contribution is 2.24. The molecule has 0 spiro atoms. The molecule has 0 atom stereocenters. The second-order valence-electron chi connectivity index (χ2n) is 5.90. The SMILES string of the molecule is Cc1nn(Cc2ccc(F)cc2Cl)c(C)c1NC(=O)c1ccc(F)cc1. The summed E-state index contributed by atoms with van der Waals surface area (Å²) in [6.45, 7) is 3.94. The minimum Gasteiger partial charge on any atom is -0.319 e. The summed E-state index contributed by atoms with van der Waals surface area (Å²) in [6, 6.07) is 9.48.